The first-order valence-corrected chi connectivity index (χ1v) is 2.94. The molecule has 8 heavy (non-hydrogen) atoms. The van der Waals surface area contributed by atoms with E-state index in [1.807, 2.05) is 7.05 Å². The fourth-order valence-corrected chi connectivity index (χ4v) is 0.932. The number of hydrogen-bond acceptors (Lipinski definition) is 2. The molecule has 0 aliphatic carbocycles. The molecule has 1 aromatic heterocycles. The summed E-state index contributed by atoms with van der Waals surface area (Å²) in [7, 11) is 1.84. The highest BCUT2D eigenvalue weighted by molar-refractivity contribution is 9.10. The molecule has 0 atom stereocenters. The molecule has 0 saturated carbocycles. The zero-order valence-corrected chi connectivity index (χ0v) is 6.01. The Morgan fingerprint density at radius 2 is 2.50 bits per heavy atom. The summed E-state index contributed by atoms with van der Waals surface area (Å²) >= 11 is 3.17. The first kappa shape index (κ1) is 5.62. The lowest BCUT2D eigenvalue weighted by Gasteiger charge is -1.87. The first-order chi connectivity index (χ1) is 3.70. The topological polar surface area (TPSA) is 43.8 Å². The van der Waals surface area contributed by atoms with Crippen LogP contribution in [0.2, 0.25) is 0 Å². The summed E-state index contributed by atoms with van der Waals surface area (Å²) in [5, 5.41) is 0. The lowest BCUT2D eigenvalue weighted by atomic mass is 10.9. The van der Waals surface area contributed by atoms with E-state index in [1.54, 1.807) is 10.8 Å². The zero-order chi connectivity index (χ0) is 6.15. The van der Waals surface area contributed by atoms with Crippen LogP contribution in [0.25, 0.3) is 0 Å². The van der Waals surface area contributed by atoms with Crippen LogP contribution in [0.15, 0.2) is 10.8 Å². The van der Waals surface area contributed by atoms with E-state index in [2.05, 4.69) is 20.9 Å². The van der Waals surface area contributed by atoms with Gasteiger partial charge in [0.1, 0.15) is 4.60 Å². The summed E-state index contributed by atoms with van der Waals surface area (Å²) < 4.78 is 2.52. The van der Waals surface area contributed by atoms with E-state index in [-0.39, 0.29) is 0 Å². The quantitative estimate of drug-likeness (QED) is 0.634. The van der Waals surface area contributed by atoms with Crippen molar-refractivity contribution in [2.24, 2.45) is 7.05 Å². The second kappa shape index (κ2) is 1.78. The molecule has 0 saturated heterocycles. The van der Waals surface area contributed by atoms with Gasteiger partial charge >= 0.3 is 0 Å². The Morgan fingerprint density at radius 3 is 2.62 bits per heavy atom. The van der Waals surface area contributed by atoms with E-state index in [0.29, 0.717) is 5.95 Å². The standard InChI is InChI=1S/C4H6BrN3/c1-8-2-3(5)7-4(8)6/h2H,1H3,(H2,6,7). The second-order valence-corrected chi connectivity index (χ2v) is 2.35. The van der Waals surface area contributed by atoms with Crippen molar-refractivity contribution < 1.29 is 0 Å². The van der Waals surface area contributed by atoms with Gasteiger partial charge in [-0.25, -0.2) is 4.98 Å². The van der Waals surface area contributed by atoms with E-state index in [9.17, 15) is 0 Å². The molecule has 4 heteroatoms. The van der Waals surface area contributed by atoms with Crippen LogP contribution in [0.3, 0.4) is 0 Å². The Hall–Kier alpha value is -0.510. The van der Waals surface area contributed by atoms with Crippen molar-refractivity contribution in [2.75, 3.05) is 5.73 Å². The molecule has 0 radical (unpaired) electrons. The third kappa shape index (κ3) is 0.838. The van der Waals surface area contributed by atoms with Gasteiger partial charge in [0.15, 0.2) is 0 Å². The summed E-state index contributed by atoms with van der Waals surface area (Å²) in [4.78, 5) is 3.87. The average Bonchev–Trinajstić information content (AvgIpc) is 1.85. The maximum absolute atomic E-state index is 5.36. The molecule has 0 aliphatic heterocycles. The second-order valence-electron chi connectivity index (χ2n) is 1.53. The maximum atomic E-state index is 5.36. The minimum Gasteiger partial charge on any atom is -0.369 e. The molecule has 3 nitrogen and oxygen atoms in total. The van der Waals surface area contributed by atoms with E-state index in [0.717, 1.165) is 4.60 Å². The molecule has 0 spiro atoms. The number of nitrogens with two attached hydrogens (primary N) is 1. The first-order valence-electron chi connectivity index (χ1n) is 2.14. The van der Waals surface area contributed by atoms with Gasteiger partial charge in [-0.1, -0.05) is 0 Å². The minimum absolute atomic E-state index is 0.525. The lowest BCUT2D eigenvalue weighted by Crippen LogP contribution is -1.94. The molecule has 1 aromatic rings. The molecule has 1 heterocycles. The van der Waals surface area contributed by atoms with Crippen LogP contribution in [0.4, 0.5) is 5.95 Å². The van der Waals surface area contributed by atoms with E-state index >= 15 is 0 Å². The predicted molar refractivity (Wildman–Crippen MR) is 35.3 cm³/mol. The Kier molecular flexibility index (Phi) is 1.25. The van der Waals surface area contributed by atoms with Gasteiger partial charge < -0.3 is 10.3 Å². The van der Waals surface area contributed by atoms with E-state index in [1.165, 1.54) is 0 Å². The number of nitrogen functional groups attached to an aromatic ring is 1. The van der Waals surface area contributed by atoms with Gasteiger partial charge in [0.05, 0.1) is 0 Å². The summed E-state index contributed by atoms with van der Waals surface area (Å²) in [5.74, 6) is 0.525. The van der Waals surface area contributed by atoms with Crippen LogP contribution in [0.1, 0.15) is 0 Å². The van der Waals surface area contributed by atoms with Gasteiger partial charge in [-0.2, -0.15) is 0 Å². The molecule has 0 unspecified atom stereocenters. The fraction of sp³-hybridized carbons (Fsp3) is 0.250. The van der Waals surface area contributed by atoms with Crippen LogP contribution < -0.4 is 5.73 Å². The Morgan fingerprint density at radius 1 is 1.88 bits per heavy atom. The van der Waals surface area contributed by atoms with Gasteiger partial charge in [-0.15, -0.1) is 0 Å². The van der Waals surface area contributed by atoms with Gasteiger partial charge in [0.25, 0.3) is 0 Å². The molecule has 0 aromatic carbocycles. The smallest absolute Gasteiger partial charge is 0.200 e. The molecule has 1 rings (SSSR count). The van der Waals surface area contributed by atoms with E-state index < -0.39 is 0 Å². The third-order valence-electron chi connectivity index (χ3n) is 0.883. The lowest BCUT2D eigenvalue weighted by molar-refractivity contribution is 0.930. The number of imidazole rings is 1. The number of hydrogen-bond donors (Lipinski definition) is 1. The van der Waals surface area contributed by atoms with Crippen molar-refractivity contribution in [1.82, 2.24) is 9.55 Å². The number of rotatable bonds is 0. The monoisotopic (exact) mass is 175 g/mol. The van der Waals surface area contributed by atoms with Gasteiger partial charge in [0, 0.05) is 13.2 Å². The SMILES string of the molecule is Cn1cc(Br)nc1N. The van der Waals surface area contributed by atoms with Gasteiger partial charge in [-0.05, 0) is 15.9 Å². The fourth-order valence-electron chi connectivity index (χ4n) is 0.443. The minimum atomic E-state index is 0.525. The predicted octanol–water partition coefficient (Wildman–Crippen LogP) is 0.765. The molecule has 0 amide bonds. The van der Waals surface area contributed by atoms with Crippen LogP contribution in [-0.4, -0.2) is 9.55 Å². The molecular formula is C4H6BrN3. The van der Waals surface area contributed by atoms with Crippen molar-refractivity contribution in [1.29, 1.82) is 0 Å². The van der Waals surface area contributed by atoms with Gasteiger partial charge in [0.2, 0.25) is 5.95 Å². The number of aromatic nitrogens is 2. The number of nitrogens with zero attached hydrogens (tertiary/aromatic N) is 2. The van der Waals surface area contributed by atoms with Crippen molar-refractivity contribution in [2.45, 2.75) is 0 Å². The third-order valence-corrected chi connectivity index (χ3v) is 1.26. The molecule has 0 fully saturated rings. The number of halogens is 1. The van der Waals surface area contributed by atoms with Crippen molar-refractivity contribution in [3.63, 3.8) is 0 Å². The molecular weight excluding hydrogens is 170 g/mol. The highest BCUT2D eigenvalue weighted by Gasteiger charge is 1.94. The van der Waals surface area contributed by atoms with Crippen LogP contribution >= 0.6 is 15.9 Å². The van der Waals surface area contributed by atoms with Crippen LogP contribution in [-0.2, 0) is 7.05 Å². The summed E-state index contributed by atoms with van der Waals surface area (Å²) in [6.07, 6.45) is 1.80. The largest absolute Gasteiger partial charge is 0.369 e. The highest BCUT2D eigenvalue weighted by atomic mass is 79.9. The summed E-state index contributed by atoms with van der Waals surface area (Å²) in [6.45, 7) is 0. The maximum Gasteiger partial charge on any atom is 0.200 e. The van der Waals surface area contributed by atoms with Crippen molar-refractivity contribution in [3.05, 3.63) is 10.8 Å². The number of aryl methyl sites for hydroxylation is 1. The molecule has 0 aliphatic rings. The molecule has 44 valence electrons. The van der Waals surface area contributed by atoms with Crippen LogP contribution in [0.5, 0.6) is 0 Å². The summed E-state index contributed by atoms with van der Waals surface area (Å²) in [5.41, 5.74) is 5.36. The van der Waals surface area contributed by atoms with Crippen LogP contribution in [0, 0.1) is 0 Å². The Bertz CT molecular complexity index is 174. The normalized spacial score (nSPS) is 9.75. The summed E-state index contributed by atoms with van der Waals surface area (Å²) in [6, 6.07) is 0. The van der Waals surface area contributed by atoms with Crippen molar-refractivity contribution >= 4 is 21.9 Å². The van der Waals surface area contributed by atoms with Gasteiger partial charge in [-0.3, -0.25) is 0 Å². The molecule has 2 N–H and O–H groups in total. The average molecular weight is 176 g/mol. The Labute approximate surface area is 55.6 Å². The van der Waals surface area contributed by atoms with Crippen molar-refractivity contribution in [3.8, 4) is 0 Å². The highest BCUT2D eigenvalue weighted by Crippen LogP contribution is 2.07. The number of anilines is 1. The van der Waals surface area contributed by atoms with E-state index in [4.69, 9.17) is 5.73 Å². The Balaban J connectivity index is 3.14. The zero-order valence-electron chi connectivity index (χ0n) is 4.43. The molecule has 0 bridgehead atoms.